The van der Waals surface area contributed by atoms with Crippen molar-refractivity contribution in [1.29, 1.82) is 0 Å². The summed E-state index contributed by atoms with van der Waals surface area (Å²) in [5, 5.41) is 11.3. The van der Waals surface area contributed by atoms with Crippen LogP contribution in [0, 0.1) is 11.7 Å². The van der Waals surface area contributed by atoms with E-state index in [0.717, 1.165) is 24.3 Å². The molecule has 0 bridgehead atoms. The second-order valence-corrected chi connectivity index (χ2v) is 7.36. The van der Waals surface area contributed by atoms with Crippen molar-refractivity contribution >= 4 is 21.7 Å². The summed E-state index contributed by atoms with van der Waals surface area (Å²) in [5.41, 5.74) is 0. The maximum absolute atomic E-state index is 12.8. The SMILES string of the molecule is CCCC(NC(=O)C(C)CS(=O)(=O)c1ccc(F)cc1)C(=O)O. The van der Waals surface area contributed by atoms with E-state index in [2.05, 4.69) is 5.32 Å². The molecule has 0 saturated carbocycles. The number of hydrogen-bond donors (Lipinski definition) is 2. The van der Waals surface area contributed by atoms with Crippen LogP contribution in [0.2, 0.25) is 0 Å². The zero-order valence-corrected chi connectivity index (χ0v) is 13.8. The van der Waals surface area contributed by atoms with Gasteiger partial charge in [0.15, 0.2) is 9.84 Å². The van der Waals surface area contributed by atoms with Crippen molar-refractivity contribution in [2.24, 2.45) is 5.92 Å². The number of sulfone groups is 1. The van der Waals surface area contributed by atoms with Crippen LogP contribution in [0.1, 0.15) is 26.7 Å². The van der Waals surface area contributed by atoms with Gasteiger partial charge < -0.3 is 10.4 Å². The van der Waals surface area contributed by atoms with Gasteiger partial charge in [0.1, 0.15) is 11.9 Å². The summed E-state index contributed by atoms with van der Waals surface area (Å²) >= 11 is 0. The Labute approximate surface area is 134 Å². The number of halogens is 1. The van der Waals surface area contributed by atoms with Crippen molar-refractivity contribution in [1.82, 2.24) is 5.32 Å². The average Bonchev–Trinajstić information content (AvgIpc) is 2.46. The molecule has 0 aromatic heterocycles. The number of nitrogens with one attached hydrogen (secondary N) is 1. The van der Waals surface area contributed by atoms with Crippen LogP contribution < -0.4 is 5.32 Å². The fourth-order valence-corrected chi connectivity index (χ4v) is 3.56. The zero-order valence-electron chi connectivity index (χ0n) is 13.0. The Hall–Kier alpha value is -1.96. The van der Waals surface area contributed by atoms with E-state index in [1.165, 1.54) is 6.92 Å². The molecule has 8 heteroatoms. The van der Waals surface area contributed by atoms with Crippen molar-refractivity contribution in [2.75, 3.05) is 5.75 Å². The standard InChI is InChI=1S/C15H20FNO5S/c1-3-4-13(15(19)20)17-14(18)10(2)9-23(21,22)12-7-5-11(16)6-8-12/h5-8,10,13H,3-4,9H2,1-2H3,(H,17,18)(H,19,20). The molecule has 0 aliphatic rings. The molecule has 0 saturated heterocycles. The number of carboxylic acid groups (broad SMARTS) is 1. The number of aliphatic carboxylic acids is 1. The Morgan fingerprint density at radius 1 is 1.26 bits per heavy atom. The van der Waals surface area contributed by atoms with Gasteiger partial charge in [0.25, 0.3) is 0 Å². The molecule has 128 valence electrons. The van der Waals surface area contributed by atoms with Gasteiger partial charge in [-0.3, -0.25) is 4.79 Å². The summed E-state index contributed by atoms with van der Waals surface area (Å²) in [6, 6.07) is 3.28. The highest BCUT2D eigenvalue weighted by atomic mass is 32.2. The van der Waals surface area contributed by atoms with E-state index < -0.39 is 45.2 Å². The minimum atomic E-state index is -3.76. The first-order chi connectivity index (χ1) is 10.7. The molecule has 0 heterocycles. The van der Waals surface area contributed by atoms with Gasteiger partial charge in [0.05, 0.1) is 10.6 Å². The number of carbonyl (C=O) groups excluding carboxylic acids is 1. The zero-order chi connectivity index (χ0) is 17.6. The second-order valence-electron chi connectivity index (χ2n) is 5.32. The molecule has 2 atom stereocenters. The Morgan fingerprint density at radius 3 is 2.30 bits per heavy atom. The highest BCUT2D eigenvalue weighted by molar-refractivity contribution is 7.91. The molecule has 1 rings (SSSR count). The third-order valence-corrected chi connectivity index (χ3v) is 5.21. The highest BCUT2D eigenvalue weighted by Crippen LogP contribution is 2.15. The van der Waals surface area contributed by atoms with Crippen molar-refractivity contribution in [2.45, 2.75) is 37.6 Å². The van der Waals surface area contributed by atoms with Crippen molar-refractivity contribution in [3.05, 3.63) is 30.1 Å². The Morgan fingerprint density at radius 2 is 1.83 bits per heavy atom. The number of carbonyl (C=O) groups is 2. The predicted octanol–water partition coefficient (Wildman–Crippen LogP) is 1.60. The third kappa shape index (κ3) is 5.63. The van der Waals surface area contributed by atoms with Gasteiger partial charge in [0, 0.05) is 5.92 Å². The first-order valence-corrected chi connectivity index (χ1v) is 8.84. The van der Waals surface area contributed by atoms with Crippen LogP contribution in [0.25, 0.3) is 0 Å². The van der Waals surface area contributed by atoms with Crippen LogP contribution >= 0.6 is 0 Å². The fourth-order valence-electron chi connectivity index (χ4n) is 2.00. The molecule has 0 radical (unpaired) electrons. The first-order valence-electron chi connectivity index (χ1n) is 7.19. The Bertz CT molecular complexity index is 657. The van der Waals surface area contributed by atoms with Gasteiger partial charge in [0.2, 0.25) is 5.91 Å². The smallest absolute Gasteiger partial charge is 0.326 e. The lowest BCUT2D eigenvalue weighted by Gasteiger charge is -2.17. The molecule has 2 unspecified atom stereocenters. The summed E-state index contributed by atoms with van der Waals surface area (Å²) in [4.78, 5) is 22.9. The molecule has 1 aromatic carbocycles. The number of benzene rings is 1. The summed E-state index contributed by atoms with van der Waals surface area (Å²) in [7, 11) is -3.76. The van der Waals surface area contributed by atoms with Gasteiger partial charge in [-0.1, -0.05) is 20.3 Å². The summed E-state index contributed by atoms with van der Waals surface area (Å²) in [6.07, 6.45) is 0.831. The van der Waals surface area contributed by atoms with Gasteiger partial charge in [-0.15, -0.1) is 0 Å². The van der Waals surface area contributed by atoms with E-state index in [0.29, 0.717) is 6.42 Å². The lowest BCUT2D eigenvalue weighted by atomic mass is 10.1. The van der Waals surface area contributed by atoms with Crippen molar-refractivity contribution in [3.8, 4) is 0 Å². The van der Waals surface area contributed by atoms with E-state index in [1.807, 2.05) is 0 Å². The van der Waals surface area contributed by atoms with Crippen LogP contribution in [0.4, 0.5) is 4.39 Å². The average molecular weight is 345 g/mol. The minimum absolute atomic E-state index is 0.0816. The van der Waals surface area contributed by atoms with Crippen LogP contribution in [-0.2, 0) is 19.4 Å². The normalized spacial score (nSPS) is 14.0. The van der Waals surface area contributed by atoms with E-state index >= 15 is 0 Å². The molecule has 0 aliphatic heterocycles. The van der Waals surface area contributed by atoms with E-state index in [9.17, 15) is 22.4 Å². The van der Waals surface area contributed by atoms with Crippen molar-refractivity contribution < 1.29 is 27.5 Å². The van der Waals surface area contributed by atoms with Crippen LogP contribution in [0.3, 0.4) is 0 Å². The molecule has 0 fully saturated rings. The van der Waals surface area contributed by atoms with Gasteiger partial charge >= 0.3 is 5.97 Å². The predicted molar refractivity (Wildman–Crippen MR) is 82.1 cm³/mol. The maximum Gasteiger partial charge on any atom is 0.326 e. The minimum Gasteiger partial charge on any atom is -0.480 e. The second kappa shape index (κ2) is 8.05. The Kier molecular flexibility index (Phi) is 6.68. The quantitative estimate of drug-likeness (QED) is 0.697. The van der Waals surface area contributed by atoms with Gasteiger partial charge in [-0.25, -0.2) is 17.6 Å². The van der Waals surface area contributed by atoms with Crippen LogP contribution in [0.15, 0.2) is 29.2 Å². The molecule has 6 nitrogen and oxygen atoms in total. The molecular weight excluding hydrogens is 325 g/mol. The number of carboxylic acids is 1. The fraction of sp³-hybridized carbons (Fsp3) is 0.467. The van der Waals surface area contributed by atoms with Crippen LogP contribution in [-0.4, -0.2) is 37.2 Å². The third-order valence-electron chi connectivity index (χ3n) is 3.28. The lowest BCUT2D eigenvalue weighted by molar-refractivity contribution is -0.142. The lowest BCUT2D eigenvalue weighted by Crippen LogP contribution is -2.44. The molecule has 1 aromatic rings. The summed E-state index contributed by atoms with van der Waals surface area (Å²) in [6.45, 7) is 3.19. The number of amides is 1. The topological polar surface area (TPSA) is 101 Å². The van der Waals surface area contributed by atoms with E-state index in [-0.39, 0.29) is 11.3 Å². The summed E-state index contributed by atoms with van der Waals surface area (Å²) < 4.78 is 37.2. The molecule has 2 N–H and O–H groups in total. The maximum atomic E-state index is 12.8. The van der Waals surface area contributed by atoms with Gasteiger partial charge in [-0.05, 0) is 30.7 Å². The Balaban J connectivity index is 2.77. The van der Waals surface area contributed by atoms with E-state index in [4.69, 9.17) is 5.11 Å². The van der Waals surface area contributed by atoms with E-state index in [1.54, 1.807) is 6.92 Å². The summed E-state index contributed by atoms with van der Waals surface area (Å²) in [5.74, 6) is -3.77. The monoisotopic (exact) mass is 345 g/mol. The highest BCUT2D eigenvalue weighted by Gasteiger charge is 2.26. The number of rotatable bonds is 8. The molecule has 0 spiro atoms. The molecule has 0 aliphatic carbocycles. The van der Waals surface area contributed by atoms with Gasteiger partial charge in [-0.2, -0.15) is 0 Å². The largest absolute Gasteiger partial charge is 0.480 e. The molecule has 1 amide bonds. The first kappa shape index (κ1) is 19.1. The number of hydrogen-bond acceptors (Lipinski definition) is 4. The molecular formula is C15H20FNO5S. The molecule has 23 heavy (non-hydrogen) atoms. The van der Waals surface area contributed by atoms with Crippen molar-refractivity contribution in [3.63, 3.8) is 0 Å². The van der Waals surface area contributed by atoms with Crippen LogP contribution in [0.5, 0.6) is 0 Å².